The maximum Gasteiger partial charge on any atom is 0.0364 e. The minimum absolute atomic E-state index is 0.260. The van der Waals surface area contributed by atoms with Gasteiger partial charge in [0.05, 0.1) is 0 Å². The van der Waals surface area contributed by atoms with Crippen LogP contribution in [0.2, 0.25) is 0 Å². The molecule has 0 aliphatic carbocycles. The Hall–Kier alpha value is -0.340. The number of rotatable bonds is 1. The van der Waals surface area contributed by atoms with Crippen molar-refractivity contribution in [1.29, 1.82) is 0 Å². The van der Waals surface area contributed by atoms with E-state index in [4.69, 9.17) is 0 Å². The second kappa shape index (κ2) is 4.50. The Kier molecular flexibility index (Phi) is 3.41. The Balaban J connectivity index is 2.31. The van der Waals surface area contributed by atoms with Crippen molar-refractivity contribution in [1.82, 2.24) is 4.90 Å². The van der Waals surface area contributed by atoms with Crippen molar-refractivity contribution >= 4 is 15.9 Å². The first-order valence-electron chi connectivity index (χ1n) is 6.01. The minimum Gasteiger partial charge on any atom is -0.291 e. The SMILES string of the molecule is CC(C)(C)N1CCC[C@@H]1c1ccccc1Br. The predicted molar refractivity (Wildman–Crippen MR) is 72.6 cm³/mol. The number of nitrogens with zero attached hydrogens (tertiary/aromatic N) is 1. The lowest BCUT2D eigenvalue weighted by molar-refractivity contribution is 0.121. The number of likely N-dealkylation sites (tertiary alicyclic amines) is 1. The Morgan fingerprint density at radius 2 is 1.94 bits per heavy atom. The highest BCUT2D eigenvalue weighted by atomic mass is 79.9. The third-order valence-corrected chi connectivity index (χ3v) is 4.10. The number of hydrogen-bond acceptors (Lipinski definition) is 1. The van der Waals surface area contributed by atoms with Crippen LogP contribution in [-0.2, 0) is 0 Å². The minimum atomic E-state index is 0.260. The fourth-order valence-corrected chi connectivity index (χ4v) is 3.19. The Morgan fingerprint density at radius 3 is 2.56 bits per heavy atom. The third-order valence-electron chi connectivity index (χ3n) is 3.38. The maximum absolute atomic E-state index is 3.67. The van der Waals surface area contributed by atoms with Gasteiger partial charge in [-0.3, -0.25) is 4.90 Å². The van der Waals surface area contributed by atoms with Gasteiger partial charge < -0.3 is 0 Å². The lowest BCUT2D eigenvalue weighted by Crippen LogP contribution is -2.40. The molecule has 0 N–H and O–H groups in total. The third kappa shape index (κ3) is 2.33. The molecule has 0 aromatic heterocycles. The molecular formula is C14H20BrN. The molecule has 1 nitrogen and oxygen atoms in total. The van der Waals surface area contributed by atoms with E-state index in [0.29, 0.717) is 6.04 Å². The van der Waals surface area contributed by atoms with E-state index in [0.717, 1.165) is 0 Å². The normalized spacial score (nSPS) is 22.6. The van der Waals surface area contributed by atoms with Gasteiger partial charge in [-0.05, 0) is 51.8 Å². The van der Waals surface area contributed by atoms with Gasteiger partial charge in [-0.25, -0.2) is 0 Å². The number of halogens is 1. The summed E-state index contributed by atoms with van der Waals surface area (Å²) in [6, 6.07) is 9.20. The Bertz CT molecular complexity index is 367. The van der Waals surface area contributed by atoms with Gasteiger partial charge in [0.1, 0.15) is 0 Å². The van der Waals surface area contributed by atoms with Gasteiger partial charge in [0.25, 0.3) is 0 Å². The molecule has 0 bridgehead atoms. The summed E-state index contributed by atoms with van der Waals surface area (Å²) in [5.41, 5.74) is 1.70. The smallest absolute Gasteiger partial charge is 0.0364 e. The van der Waals surface area contributed by atoms with E-state index >= 15 is 0 Å². The van der Waals surface area contributed by atoms with Gasteiger partial charge >= 0.3 is 0 Å². The first-order valence-corrected chi connectivity index (χ1v) is 6.80. The second-order valence-corrected chi connectivity index (χ2v) is 6.40. The zero-order valence-corrected chi connectivity index (χ0v) is 11.9. The number of hydrogen-bond donors (Lipinski definition) is 0. The average molecular weight is 282 g/mol. The van der Waals surface area contributed by atoms with Gasteiger partial charge in [-0.2, -0.15) is 0 Å². The lowest BCUT2D eigenvalue weighted by atomic mass is 9.99. The van der Waals surface area contributed by atoms with Crippen molar-refractivity contribution in [2.75, 3.05) is 6.54 Å². The molecule has 1 fully saturated rings. The maximum atomic E-state index is 3.67. The molecule has 0 saturated carbocycles. The molecule has 1 saturated heterocycles. The molecule has 2 rings (SSSR count). The molecule has 88 valence electrons. The summed E-state index contributed by atoms with van der Waals surface area (Å²) in [4.78, 5) is 2.62. The molecule has 0 amide bonds. The van der Waals surface area contributed by atoms with Crippen LogP contribution in [0.15, 0.2) is 28.7 Å². The largest absolute Gasteiger partial charge is 0.291 e. The molecule has 1 aliphatic heterocycles. The molecule has 2 heteroatoms. The molecule has 1 atom stereocenters. The zero-order valence-electron chi connectivity index (χ0n) is 10.3. The van der Waals surface area contributed by atoms with E-state index in [1.165, 1.54) is 29.4 Å². The van der Waals surface area contributed by atoms with E-state index in [1.807, 2.05) is 0 Å². The van der Waals surface area contributed by atoms with Gasteiger partial charge in [-0.1, -0.05) is 34.1 Å². The van der Waals surface area contributed by atoms with Gasteiger partial charge in [0.2, 0.25) is 0 Å². The first-order chi connectivity index (χ1) is 7.50. The molecule has 0 spiro atoms. The Morgan fingerprint density at radius 1 is 1.25 bits per heavy atom. The van der Waals surface area contributed by atoms with E-state index in [1.54, 1.807) is 0 Å². The van der Waals surface area contributed by atoms with Crippen LogP contribution in [0.1, 0.15) is 45.2 Å². The van der Waals surface area contributed by atoms with Crippen LogP contribution in [0.4, 0.5) is 0 Å². The highest BCUT2D eigenvalue weighted by molar-refractivity contribution is 9.10. The van der Waals surface area contributed by atoms with E-state index in [-0.39, 0.29) is 5.54 Å². The van der Waals surface area contributed by atoms with Gasteiger partial charge in [0.15, 0.2) is 0 Å². The molecular weight excluding hydrogens is 262 g/mol. The van der Waals surface area contributed by atoms with Crippen molar-refractivity contribution in [2.24, 2.45) is 0 Å². The van der Waals surface area contributed by atoms with Crippen LogP contribution < -0.4 is 0 Å². The summed E-state index contributed by atoms with van der Waals surface area (Å²) in [5.74, 6) is 0. The van der Waals surface area contributed by atoms with Crippen LogP contribution in [0.25, 0.3) is 0 Å². The summed E-state index contributed by atoms with van der Waals surface area (Å²) < 4.78 is 1.25. The van der Waals surface area contributed by atoms with Crippen molar-refractivity contribution < 1.29 is 0 Å². The zero-order chi connectivity index (χ0) is 11.8. The molecule has 0 unspecified atom stereocenters. The van der Waals surface area contributed by atoms with Crippen molar-refractivity contribution in [3.05, 3.63) is 34.3 Å². The summed E-state index contributed by atoms with van der Waals surface area (Å²) in [6.45, 7) is 8.14. The lowest BCUT2D eigenvalue weighted by Gasteiger charge is -2.37. The topological polar surface area (TPSA) is 3.24 Å². The van der Waals surface area contributed by atoms with E-state index < -0.39 is 0 Å². The summed E-state index contributed by atoms with van der Waals surface area (Å²) in [7, 11) is 0. The van der Waals surface area contributed by atoms with Crippen LogP contribution >= 0.6 is 15.9 Å². The highest BCUT2D eigenvalue weighted by Gasteiger charge is 2.34. The van der Waals surface area contributed by atoms with Gasteiger partial charge in [0, 0.05) is 16.1 Å². The summed E-state index contributed by atoms with van der Waals surface area (Å²) >= 11 is 3.67. The molecule has 16 heavy (non-hydrogen) atoms. The van der Waals surface area contributed by atoms with E-state index in [2.05, 4.69) is 65.9 Å². The summed E-state index contributed by atoms with van der Waals surface area (Å²) in [6.07, 6.45) is 2.59. The molecule has 1 aromatic rings. The van der Waals surface area contributed by atoms with Crippen LogP contribution in [0, 0.1) is 0 Å². The highest BCUT2D eigenvalue weighted by Crippen LogP contribution is 2.39. The van der Waals surface area contributed by atoms with Crippen LogP contribution in [-0.4, -0.2) is 17.0 Å². The number of benzene rings is 1. The average Bonchev–Trinajstić information content (AvgIpc) is 2.66. The van der Waals surface area contributed by atoms with E-state index in [9.17, 15) is 0 Å². The van der Waals surface area contributed by atoms with Crippen LogP contribution in [0.5, 0.6) is 0 Å². The summed E-state index contributed by atoms with van der Waals surface area (Å²) in [5, 5.41) is 0. The van der Waals surface area contributed by atoms with Crippen LogP contribution in [0.3, 0.4) is 0 Å². The molecule has 1 aliphatic rings. The predicted octanol–water partition coefficient (Wildman–Crippen LogP) is 4.38. The quantitative estimate of drug-likeness (QED) is 0.738. The fourth-order valence-electron chi connectivity index (χ4n) is 2.64. The second-order valence-electron chi connectivity index (χ2n) is 5.54. The van der Waals surface area contributed by atoms with Crippen molar-refractivity contribution in [3.8, 4) is 0 Å². The standard InChI is InChI=1S/C14H20BrN/c1-14(2,3)16-10-6-9-13(16)11-7-4-5-8-12(11)15/h4-5,7-8,13H,6,9-10H2,1-3H3/t13-/m1/s1. The monoisotopic (exact) mass is 281 g/mol. The van der Waals surface area contributed by atoms with Crippen molar-refractivity contribution in [2.45, 2.75) is 45.2 Å². The molecule has 0 radical (unpaired) electrons. The molecule has 1 aromatic carbocycles. The fraction of sp³-hybridized carbons (Fsp3) is 0.571. The van der Waals surface area contributed by atoms with Gasteiger partial charge in [-0.15, -0.1) is 0 Å². The Labute approximate surface area is 107 Å². The molecule has 1 heterocycles. The first kappa shape index (κ1) is 12.1. The van der Waals surface area contributed by atoms with Crippen molar-refractivity contribution in [3.63, 3.8) is 0 Å².